The number of amides is 1. The van der Waals surface area contributed by atoms with Crippen LogP contribution < -0.4 is 9.47 Å². The van der Waals surface area contributed by atoms with Gasteiger partial charge in [-0.3, -0.25) is 0 Å². The third-order valence-electron chi connectivity index (χ3n) is 8.25. The van der Waals surface area contributed by atoms with Gasteiger partial charge in [0, 0.05) is 43.7 Å². The second-order valence-electron chi connectivity index (χ2n) is 12.9. The van der Waals surface area contributed by atoms with Crippen LogP contribution >= 0.6 is 0 Å². The minimum atomic E-state index is -0.489. The van der Waals surface area contributed by atoms with E-state index in [4.69, 9.17) is 24.1 Å². The normalized spacial score (nSPS) is 26.1. The third-order valence-corrected chi connectivity index (χ3v) is 8.25. The standard InChI is InChI=1S/C31H47NO6/c1-22(2)9-7-12-30(6)25-20-31(13-15-32(16-14-31)28(34)38-29(3,4)5)21-36-27(25)24-11-10-23(19-26(24)37-30)35-18-8-17-33/h9-11,19,25,27,33H,7-8,12-18,20-21H2,1-6H3/t25-,27+,30+/m0/s1. The molecule has 0 aliphatic carbocycles. The Balaban J connectivity index is 1.53. The summed E-state index contributed by atoms with van der Waals surface area (Å²) in [4.78, 5) is 14.5. The Bertz CT molecular complexity index is 1000. The molecule has 38 heavy (non-hydrogen) atoms. The van der Waals surface area contributed by atoms with E-state index in [1.807, 2.05) is 37.8 Å². The number of fused-ring (bicyclic) bond motifs is 3. The molecule has 0 saturated carbocycles. The van der Waals surface area contributed by atoms with Gasteiger partial charge in [-0.1, -0.05) is 11.6 Å². The zero-order valence-corrected chi connectivity index (χ0v) is 24.2. The Labute approximate surface area is 228 Å². The highest BCUT2D eigenvalue weighted by Gasteiger charge is 2.54. The monoisotopic (exact) mass is 529 g/mol. The zero-order valence-electron chi connectivity index (χ0n) is 24.2. The lowest BCUT2D eigenvalue weighted by Gasteiger charge is -2.55. The molecule has 7 nitrogen and oxygen atoms in total. The molecule has 0 radical (unpaired) electrons. The van der Waals surface area contributed by atoms with Gasteiger partial charge in [0.1, 0.15) is 22.7 Å². The van der Waals surface area contributed by atoms with E-state index in [0.29, 0.717) is 32.7 Å². The molecule has 0 unspecified atom stereocenters. The van der Waals surface area contributed by atoms with Gasteiger partial charge < -0.3 is 29.0 Å². The summed E-state index contributed by atoms with van der Waals surface area (Å²) in [5.74, 6) is 1.80. The second-order valence-corrected chi connectivity index (χ2v) is 12.9. The molecule has 3 atom stereocenters. The minimum absolute atomic E-state index is 0.0311. The number of hydrogen-bond donors (Lipinski definition) is 1. The van der Waals surface area contributed by atoms with Crippen molar-refractivity contribution >= 4 is 6.09 Å². The maximum atomic E-state index is 12.7. The van der Waals surface area contributed by atoms with E-state index < -0.39 is 5.60 Å². The lowest BCUT2D eigenvalue weighted by atomic mass is 9.63. The zero-order chi connectivity index (χ0) is 27.6. The van der Waals surface area contributed by atoms with Gasteiger partial charge in [0.2, 0.25) is 0 Å². The predicted octanol–water partition coefficient (Wildman–Crippen LogP) is 6.44. The number of nitrogens with zero attached hydrogens (tertiary/aromatic N) is 1. The fourth-order valence-electron chi connectivity index (χ4n) is 6.09. The minimum Gasteiger partial charge on any atom is -0.493 e. The molecular formula is C31H47NO6. The van der Waals surface area contributed by atoms with Gasteiger partial charge in [-0.2, -0.15) is 0 Å². The number of ether oxygens (including phenoxy) is 4. The van der Waals surface area contributed by atoms with Gasteiger partial charge in [0.25, 0.3) is 0 Å². The number of allylic oxidation sites excluding steroid dienone is 2. The van der Waals surface area contributed by atoms with Crippen molar-refractivity contribution in [1.82, 2.24) is 4.90 Å². The predicted molar refractivity (Wildman–Crippen MR) is 148 cm³/mol. The number of aliphatic hydroxyl groups is 1. The molecule has 2 saturated heterocycles. The Morgan fingerprint density at radius 2 is 1.97 bits per heavy atom. The smallest absolute Gasteiger partial charge is 0.410 e. The summed E-state index contributed by atoms with van der Waals surface area (Å²) in [5, 5.41) is 9.10. The van der Waals surface area contributed by atoms with Crippen molar-refractivity contribution in [2.45, 2.75) is 97.4 Å². The summed E-state index contributed by atoms with van der Waals surface area (Å²) in [6, 6.07) is 6.05. The van der Waals surface area contributed by atoms with Crippen LogP contribution in [0.1, 0.15) is 91.7 Å². The fourth-order valence-corrected chi connectivity index (χ4v) is 6.09. The largest absolute Gasteiger partial charge is 0.493 e. The van der Waals surface area contributed by atoms with Crippen LogP contribution in [0.25, 0.3) is 0 Å². The highest BCUT2D eigenvalue weighted by atomic mass is 16.6. The molecule has 3 aliphatic rings. The third kappa shape index (κ3) is 6.66. The summed E-state index contributed by atoms with van der Waals surface area (Å²) >= 11 is 0. The number of carbonyl (C=O) groups excluding carboxylic acids is 1. The topological polar surface area (TPSA) is 77.5 Å². The number of carbonyl (C=O) groups is 1. The number of piperidine rings is 1. The van der Waals surface area contributed by atoms with Crippen LogP contribution in [-0.4, -0.2) is 60.2 Å². The SMILES string of the molecule is CC(C)=CCC[C@@]1(C)Oc2cc(OCCCO)ccc2[C@H]2OCC3(CCN(C(=O)OC(C)(C)C)CC3)C[C@@H]21. The number of likely N-dealkylation sites (tertiary alicyclic amines) is 1. The van der Waals surface area contributed by atoms with Crippen LogP contribution in [-0.2, 0) is 9.47 Å². The highest BCUT2D eigenvalue weighted by molar-refractivity contribution is 5.68. The first-order valence-corrected chi connectivity index (χ1v) is 14.2. The van der Waals surface area contributed by atoms with Crippen LogP contribution in [0.15, 0.2) is 29.8 Å². The van der Waals surface area contributed by atoms with E-state index in [1.54, 1.807) is 0 Å². The summed E-state index contributed by atoms with van der Waals surface area (Å²) in [7, 11) is 0. The maximum absolute atomic E-state index is 12.7. The van der Waals surface area contributed by atoms with Crippen LogP contribution in [0.2, 0.25) is 0 Å². The average molecular weight is 530 g/mol. The lowest BCUT2D eigenvalue weighted by Crippen LogP contribution is -2.56. The molecule has 2 fully saturated rings. The first-order valence-electron chi connectivity index (χ1n) is 14.2. The first-order chi connectivity index (χ1) is 17.9. The summed E-state index contributed by atoms with van der Waals surface area (Å²) in [6.07, 6.45) is 7.30. The van der Waals surface area contributed by atoms with Gasteiger partial charge in [-0.25, -0.2) is 4.79 Å². The van der Waals surface area contributed by atoms with Gasteiger partial charge in [0.05, 0.1) is 19.3 Å². The molecule has 7 heteroatoms. The van der Waals surface area contributed by atoms with E-state index in [9.17, 15) is 4.79 Å². The summed E-state index contributed by atoms with van der Waals surface area (Å²) in [6.45, 7) is 14.9. The van der Waals surface area contributed by atoms with Crippen molar-refractivity contribution in [3.63, 3.8) is 0 Å². The molecule has 3 aliphatic heterocycles. The molecule has 4 rings (SSSR count). The summed E-state index contributed by atoms with van der Waals surface area (Å²) < 4.78 is 25.0. The van der Waals surface area contributed by atoms with Crippen LogP contribution in [0.5, 0.6) is 11.5 Å². The quantitative estimate of drug-likeness (QED) is 0.324. The Kier molecular flexibility index (Phi) is 8.68. The van der Waals surface area contributed by atoms with Gasteiger partial charge >= 0.3 is 6.09 Å². The van der Waals surface area contributed by atoms with Crippen molar-refractivity contribution < 1.29 is 28.8 Å². The van der Waals surface area contributed by atoms with Gasteiger partial charge in [-0.05, 0) is 91.2 Å². The van der Waals surface area contributed by atoms with Crippen LogP contribution in [0.3, 0.4) is 0 Å². The van der Waals surface area contributed by atoms with E-state index >= 15 is 0 Å². The van der Waals surface area contributed by atoms with Gasteiger partial charge in [-0.15, -0.1) is 0 Å². The van der Waals surface area contributed by atoms with E-state index in [0.717, 1.165) is 49.2 Å². The number of hydrogen-bond acceptors (Lipinski definition) is 6. The molecule has 212 valence electrons. The van der Waals surface area contributed by atoms with Gasteiger partial charge in [0.15, 0.2) is 0 Å². The molecule has 0 bridgehead atoms. The first kappa shape index (κ1) is 28.8. The molecule has 1 N–H and O–H groups in total. The summed E-state index contributed by atoms with van der Waals surface area (Å²) in [5.41, 5.74) is 1.56. The van der Waals surface area contributed by atoms with Crippen molar-refractivity contribution in [1.29, 1.82) is 0 Å². The Hall–Kier alpha value is -2.25. The average Bonchev–Trinajstić information content (AvgIpc) is 2.83. The molecule has 1 amide bonds. The molecule has 1 aromatic carbocycles. The number of aliphatic hydroxyl groups excluding tert-OH is 1. The van der Waals surface area contributed by atoms with Crippen molar-refractivity contribution in [2.75, 3.05) is 32.9 Å². The van der Waals surface area contributed by atoms with Crippen molar-refractivity contribution in [2.24, 2.45) is 11.3 Å². The number of rotatable bonds is 7. The Morgan fingerprint density at radius 1 is 1.24 bits per heavy atom. The number of benzene rings is 1. The highest BCUT2D eigenvalue weighted by Crippen LogP contribution is 2.57. The molecule has 0 aromatic heterocycles. The lowest BCUT2D eigenvalue weighted by molar-refractivity contribution is -0.179. The molecule has 1 aromatic rings. The van der Waals surface area contributed by atoms with E-state index in [1.165, 1.54) is 5.57 Å². The molecule has 1 spiro atoms. The van der Waals surface area contributed by atoms with E-state index in [2.05, 4.69) is 32.9 Å². The Morgan fingerprint density at radius 3 is 2.63 bits per heavy atom. The van der Waals surface area contributed by atoms with Crippen LogP contribution in [0.4, 0.5) is 4.79 Å². The van der Waals surface area contributed by atoms with Crippen molar-refractivity contribution in [3.8, 4) is 11.5 Å². The molecular weight excluding hydrogens is 482 g/mol. The molecule has 3 heterocycles. The fraction of sp³-hybridized carbons (Fsp3) is 0.710. The second kappa shape index (κ2) is 11.5. The maximum Gasteiger partial charge on any atom is 0.410 e. The van der Waals surface area contributed by atoms with Crippen LogP contribution in [0, 0.1) is 11.3 Å². The van der Waals surface area contributed by atoms with E-state index in [-0.39, 0.29) is 35.7 Å². The van der Waals surface area contributed by atoms with Crippen molar-refractivity contribution in [3.05, 3.63) is 35.4 Å².